The van der Waals surface area contributed by atoms with E-state index in [1.165, 1.54) is 25.7 Å². The van der Waals surface area contributed by atoms with Crippen molar-refractivity contribution in [1.29, 1.82) is 0 Å². The molecule has 0 aromatic heterocycles. The molecule has 0 bridgehead atoms. The molecular formula is C39H50O7. The summed E-state index contributed by atoms with van der Waals surface area (Å²) in [6, 6.07) is 21.7. The fraction of sp³-hybridized carbons (Fsp3) is 0.487. The topological polar surface area (TPSA) is 80.3 Å². The molecule has 4 rings (SSSR count). The van der Waals surface area contributed by atoms with Gasteiger partial charge in [0, 0.05) is 12.0 Å². The van der Waals surface area contributed by atoms with Crippen molar-refractivity contribution in [2.45, 2.75) is 72.1 Å². The standard InChI is InChI=1S/C39H50O7/c1-4-30(2)26-45-37(40)33-14-12-31(13-15-33)32-16-22-36(23-17-32)46-38(41)34-18-20-35(21-19-34)44-25-11-9-7-5-6-8-10-24-42-27-39(3)28-43-29-39/h12-23,30H,4-11,24-29H2,1-3H3. The monoisotopic (exact) mass is 630 g/mol. The Morgan fingerprint density at radius 1 is 0.717 bits per heavy atom. The maximum absolute atomic E-state index is 12.7. The zero-order valence-corrected chi connectivity index (χ0v) is 27.8. The van der Waals surface area contributed by atoms with Crippen LogP contribution in [0.5, 0.6) is 11.5 Å². The smallest absolute Gasteiger partial charge is 0.343 e. The van der Waals surface area contributed by atoms with Crippen LogP contribution in [0.15, 0.2) is 72.8 Å². The highest BCUT2D eigenvalue weighted by Gasteiger charge is 2.33. The molecule has 1 unspecified atom stereocenters. The summed E-state index contributed by atoms with van der Waals surface area (Å²) >= 11 is 0. The van der Waals surface area contributed by atoms with E-state index in [0.29, 0.717) is 36.0 Å². The van der Waals surface area contributed by atoms with Crippen LogP contribution in [0.2, 0.25) is 0 Å². The molecule has 3 aromatic rings. The zero-order valence-electron chi connectivity index (χ0n) is 27.8. The summed E-state index contributed by atoms with van der Waals surface area (Å²) in [4.78, 5) is 25.0. The maximum atomic E-state index is 12.7. The average molecular weight is 631 g/mol. The third-order valence-electron chi connectivity index (χ3n) is 8.36. The summed E-state index contributed by atoms with van der Waals surface area (Å²) in [6.07, 6.45) is 9.19. The minimum absolute atomic E-state index is 0.245. The van der Waals surface area contributed by atoms with E-state index >= 15 is 0 Å². The summed E-state index contributed by atoms with van der Waals surface area (Å²) in [7, 11) is 0. The lowest BCUT2D eigenvalue weighted by atomic mass is 9.90. The molecule has 0 saturated carbocycles. The van der Waals surface area contributed by atoms with Gasteiger partial charge >= 0.3 is 11.9 Å². The molecule has 1 fully saturated rings. The molecule has 0 amide bonds. The molecule has 0 aliphatic carbocycles. The second-order valence-corrected chi connectivity index (χ2v) is 12.8. The Morgan fingerprint density at radius 3 is 1.83 bits per heavy atom. The number of carbonyl (C=O) groups excluding carboxylic acids is 2. The maximum Gasteiger partial charge on any atom is 0.343 e. The van der Waals surface area contributed by atoms with Crippen molar-refractivity contribution < 1.29 is 33.3 Å². The number of ether oxygens (including phenoxy) is 5. The van der Waals surface area contributed by atoms with Crippen LogP contribution in [0.3, 0.4) is 0 Å². The van der Waals surface area contributed by atoms with Gasteiger partial charge in [-0.2, -0.15) is 0 Å². The third kappa shape index (κ3) is 11.6. The second kappa shape index (κ2) is 18.5. The fourth-order valence-corrected chi connectivity index (χ4v) is 5.02. The molecule has 1 aliphatic rings. The molecule has 1 heterocycles. The highest BCUT2D eigenvalue weighted by Crippen LogP contribution is 2.27. The van der Waals surface area contributed by atoms with Crippen molar-refractivity contribution in [3.63, 3.8) is 0 Å². The Hall–Kier alpha value is -3.68. The Labute approximate surface area is 274 Å². The molecule has 1 atom stereocenters. The van der Waals surface area contributed by atoms with Crippen LogP contribution in [0.25, 0.3) is 11.1 Å². The lowest BCUT2D eigenvalue weighted by Gasteiger charge is -2.37. The number of hydrogen-bond donors (Lipinski definition) is 0. The normalized spacial score (nSPS) is 14.2. The second-order valence-electron chi connectivity index (χ2n) is 12.8. The number of carbonyl (C=O) groups is 2. The van der Waals surface area contributed by atoms with Gasteiger partial charge in [0.15, 0.2) is 0 Å². The number of rotatable bonds is 20. The quantitative estimate of drug-likeness (QED) is 0.0700. The third-order valence-corrected chi connectivity index (χ3v) is 8.36. The summed E-state index contributed by atoms with van der Waals surface area (Å²) in [5.74, 6) is 0.815. The lowest BCUT2D eigenvalue weighted by Crippen LogP contribution is -2.43. The number of unbranched alkanes of at least 4 members (excludes halogenated alkanes) is 6. The molecule has 0 radical (unpaired) electrons. The summed E-state index contributed by atoms with van der Waals surface area (Å²) in [5.41, 5.74) is 3.14. The van der Waals surface area contributed by atoms with E-state index in [2.05, 4.69) is 20.8 Å². The number of esters is 2. The van der Waals surface area contributed by atoms with Gasteiger partial charge in [-0.15, -0.1) is 0 Å². The first-order valence-corrected chi connectivity index (χ1v) is 16.8. The van der Waals surface area contributed by atoms with E-state index in [1.54, 1.807) is 36.4 Å². The van der Waals surface area contributed by atoms with E-state index in [1.807, 2.05) is 36.4 Å². The van der Waals surface area contributed by atoms with E-state index in [-0.39, 0.29) is 11.4 Å². The van der Waals surface area contributed by atoms with Gasteiger partial charge in [-0.3, -0.25) is 0 Å². The van der Waals surface area contributed by atoms with E-state index in [4.69, 9.17) is 23.7 Å². The Bertz CT molecular complexity index is 1330. The molecule has 1 aliphatic heterocycles. The van der Waals surface area contributed by atoms with Gasteiger partial charge in [0.05, 0.1) is 44.2 Å². The first-order chi connectivity index (χ1) is 22.3. The Kier molecular flexibility index (Phi) is 14.1. The largest absolute Gasteiger partial charge is 0.494 e. The molecule has 0 N–H and O–H groups in total. The lowest BCUT2D eigenvalue weighted by molar-refractivity contribution is -0.137. The van der Waals surface area contributed by atoms with Crippen molar-refractivity contribution in [2.24, 2.45) is 11.3 Å². The molecule has 7 heteroatoms. The predicted octanol–water partition coefficient (Wildman–Crippen LogP) is 8.94. The molecule has 1 saturated heterocycles. The molecule has 3 aromatic carbocycles. The number of benzene rings is 3. The van der Waals surface area contributed by atoms with Crippen LogP contribution >= 0.6 is 0 Å². The number of hydrogen-bond acceptors (Lipinski definition) is 7. The molecule has 7 nitrogen and oxygen atoms in total. The first kappa shape index (κ1) is 35.2. The van der Waals surface area contributed by atoms with Crippen LogP contribution in [-0.4, -0.2) is 51.6 Å². The Morgan fingerprint density at radius 2 is 1.24 bits per heavy atom. The van der Waals surface area contributed by atoms with Gasteiger partial charge in [-0.1, -0.05) is 83.6 Å². The van der Waals surface area contributed by atoms with Gasteiger partial charge in [0.2, 0.25) is 0 Å². The summed E-state index contributed by atoms with van der Waals surface area (Å²) in [5, 5.41) is 0. The van der Waals surface area contributed by atoms with Crippen LogP contribution in [0.1, 0.15) is 92.9 Å². The van der Waals surface area contributed by atoms with E-state index < -0.39 is 5.97 Å². The summed E-state index contributed by atoms with van der Waals surface area (Å²) in [6.45, 7) is 10.8. The molecule has 46 heavy (non-hydrogen) atoms. The molecule has 0 spiro atoms. The van der Waals surface area contributed by atoms with Crippen LogP contribution in [0.4, 0.5) is 0 Å². The van der Waals surface area contributed by atoms with Gasteiger partial charge in [0.1, 0.15) is 11.5 Å². The van der Waals surface area contributed by atoms with Crippen molar-refractivity contribution in [3.05, 3.63) is 83.9 Å². The highest BCUT2D eigenvalue weighted by atomic mass is 16.5. The van der Waals surface area contributed by atoms with Gasteiger partial charge < -0.3 is 23.7 Å². The molecular weight excluding hydrogens is 580 g/mol. The average Bonchev–Trinajstić information content (AvgIpc) is 3.07. The predicted molar refractivity (Wildman–Crippen MR) is 181 cm³/mol. The van der Waals surface area contributed by atoms with E-state index in [9.17, 15) is 9.59 Å². The van der Waals surface area contributed by atoms with Crippen molar-refractivity contribution in [3.8, 4) is 22.6 Å². The van der Waals surface area contributed by atoms with Crippen LogP contribution < -0.4 is 9.47 Å². The summed E-state index contributed by atoms with van der Waals surface area (Å²) < 4.78 is 27.9. The molecule has 248 valence electrons. The van der Waals surface area contributed by atoms with Crippen molar-refractivity contribution in [2.75, 3.05) is 39.6 Å². The first-order valence-electron chi connectivity index (χ1n) is 16.8. The van der Waals surface area contributed by atoms with Gasteiger partial charge in [0.25, 0.3) is 0 Å². The van der Waals surface area contributed by atoms with E-state index in [0.717, 1.165) is 69.0 Å². The van der Waals surface area contributed by atoms with Crippen molar-refractivity contribution in [1.82, 2.24) is 0 Å². The zero-order chi connectivity index (χ0) is 32.6. The SMILES string of the molecule is CCC(C)COC(=O)c1ccc(-c2ccc(OC(=O)c3ccc(OCCCCCCCCCOCC4(C)COC4)cc3)cc2)cc1. The van der Waals surface area contributed by atoms with Crippen LogP contribution in [0, 0.1) is 11.3 Å². The Balaban J connectivity index is 1.08. The highest BCUT2D eigenvalue weighted by molar-refractivity contribution is 5.91. The van der Waals surface area contributed by atoms with Crippen molar-refractivity contribution >= 4 is 11.9 Å². The minimum Gasteiger partial charge on any atom is -0.494 e. The van der Waals surface area contributed by atoms with Crippen LogP contribution in [-0.2, 0) is 14.2 Å². The van der Waals surface area contributed by atoms with Gasteiger partial charge in [-0.25, -0.2) is 9.59 Å². The minimum atomic E-state index is -0.423. The van der Waals surface area contributed by atoms with Gasteiger partial charge in [-0.05, 0) is 78.4 Å². The fourth-order valence-electron chi connectivity index (χ4n) is 5.02.